The number of aliphatic imine (C=N–C) groups is 1. The van der Waals surface area contributed by atoms with Crippen LogP contribution in [0.25, 0.3) is 5.70 Å². The summed E-state index contributed by atoms with van der Waals surface area (Å²) < 4.78 is 1.07. The number of nitrogens with two attached hydrogens (primary N) is 2. The first-order valence-corrected chi connectivity index (χ1v) is 10.5. The number of amidine groups is 1. The van der Waals surface area contributed by atoms with E-state index in [2.05, 4.69) is 36.9 Å². The molecule has 3 aromatic carbocycles. The van der Waals surface area contributed by atoms with Gasteiger partial charge in [-0.3, -0.25) is 0 Å². The van der Waals surface area contributed by atoms with Gasteiger partial charge in [-0.1, -0.05) is 60.7 Å². The summed E-state index contributed by atoms with van der Waals surface area (Å²) >= 11 is 6.63. The van der Waals surface area contributed by atoms with Gasteiger partial charge in [0.2, 0.25) is 0 Å². The van der Waals surface area contributed by atoms with Gasteiger partial charge in [-0.15, -0.1) is 0 Å². The molecule has 3 aromatic rings. The molecule has 3 rings (SSSR count). The SMILES string of the molecule is CC(C(N)=N/C=C(\N)c1cc(Br)c(O)c(Br)c1)(c1ccccc1)c1ccccc1. The zero-order valence-electron chi connectivity index (χ0n) is 15.8. The van der Waals surface area contributed by atoms with E-state index in [4.69, 9.17) is 11.5 Å². The van der Waals surface area contributed by atoms with Gasteiger partial charge in [-0.2, -0.15) is 0 Å². The van der Waals surface area contributed by atoms with Crippen LogP contribution in [0.5, 0.6) is 5.75 Å². The largest absolute Gasteiger partial charge is 0.506 e. The molecule has 0 aromatic heterocycles. The van der Waals surface area contributed by atoms with E-state index in [-0.39, 0.29) is 5.75 Å². The van der Waals surface area contributed by atoms with Crippen LogP contribution in [-0.2, 0) is 5.41 Å². The van der Waals surface area contributed by atoms with Crippen LogP contribution in [0.3, 0.4) is 0 Å². The monoisotopic (exact) mass is 513 g/mol. The Morgan fingerprint density at radius 2 is 1.34 bits per heavy atom. The van der Waals surface area contributed by atoms with Crippen LogP contribution in [0, 0.1) is 0 Å². The van der Waals surface area contributed by atoms with E-state index in [1.165, 1.54) is 0 Å². The minimum Gasteiger partial charge on any atom is -0.506 e. The normalized spacial score (nSPS) is 12.8. The smallest absolute Gasteiger partial charge is 0.143 e. The fourth-order valence-corrected chi connectivity index (χ4v) is 4.27. The third-order valence-corrected chi connectivity index (χ3v) is 6.12. The van der Waals surface area contributed by atoms with Crippen molar-refractivity contribution in [3.8, 4) is 5.75 Å². The number of halogens is 2. The molecule has 4 nitrogen and oxygen atoms in total. The van der Waals surface area contributed by atoms with Gasteiger partial charge in [0.25, 0.3) is 0 Å². The number of benzene rings is 3. The van der Waals surface area contributed by atoms with E-state index in [0.717, 1.165) is 11.1 Å². The van der Waals surface area contributed by atoms with Crippen LogP contribution < -0.4 is 11.5 Å². The van der Waals surface area contributed by atoms with Crippen molar-refractivity contribution in [2.45, 2.75) is 12.3 Å². The number of hydrogen-bond acceptors (Lipinski definition) is 3. The number of phenolic OH excluding ortho intramolecular Hbond substituents is 1. The zero-order chi connectivity index (χ0) is 21.0. The van der Waals surface area contributed by atoms with Crippen LogP contribution in [0.15, 0.2) is 92.9 Å². The first-order valence-electron chi connectivity index (χ1n) is 8.93. The second-order valence-corrected chi connectivity index (χ2v) is 8.45. The van der Waals surface area contributed by atoms with E-state index in [1.54, 1.807) is 18.3 Å². The summed E-state index contributed by atoms with van der Waals surface area (Å²) in [5, 5.41) is 9.89. The maximum atomic E-state index is 9.89. The molecule has 0 bridgehead atoms. The highest BCUT2D eigenvalue weighted by atomic mass is 79.9. The quantitative estimate of drug-likeness (QED) is 0.308. The van der Waals surface area contributed by atoms with Crippen LogP contribution in [0.1, 0.15) is 23.6 Å². The second kappa shape index (κ2) is 8.84. The number of aromatic hydroxyl groups is 1. The maximum absolute atomic E-state index is 9.89. The molecule has 0 spiro atoms. The Kier molecular flexibility index (Phi) is 6.45. The van der Waals surface area contributed by atoms with Crippen molar-refractivity contribution in [1.82, 2.24) is 0 Å². The first-order chi connectivity index (χ1) is 13.8. The number of rotatable bonds is 5. The molecule has 0 aliphatic heterocycles. The molecule has 29 heavy (non-hydrogen) atoms. The van der Waals surface area contributed by atoms with Gasteiger partial charge in [-0.05, 0) is 62.0 Å². The Hall–Kier alpha value is -2.57. The fraction of sp³-hybridized carbons (Fsp3) is 0.0870. The molecule has 0 saturated heterocycles. The lowest BCUT2D eigenvalue weighted by atomic mass is 9.75. The zero-order valence-corrected chi connectivity index (χ0v) is 19.0. The summed E-state index contributed by atoms with van der Waals surface area (Å²) in [5.74, 6) is 0.542. The molecule has 0 aliphatic carbocycles. The highest BCUT2D eigenvalue weighted by Gasteiger charge is 2.33. The van der Waals surface area contributed by atoms with Crippen LogP contribution >= 0.6 is 31.9 Å². The van der Waals surface area contributed by atoms with Crippen molar-refractivity contribution in [2.24, 2.45) is 16.5 Å². The van der Waals surface area contributed by atoms with Gasteiger partial charge in [0, 0.05) is 5.56 Å². The lowest BCUT2D eigenvalue weighted by molar-refractivity contribution is 0.468. The van der Waals surface area contributed by atoms with Gasteiger partial charge in [-0.25, -0.2) is 4.99 Å². The summed E-state index contributed by atoms with van der Waals surface area (Å²) in [6.07, 6.45) is 1.55. The van der Waals surface area contributed by atoms with E-state index < -0.39 is 5.41 Å². The molecule has 0 heterocycles. The predicted octanol–water partition coefficient (Wildman–Crippen LogP) is 5.54. The molecule has 0 fully saturated rings. The minimum atomic E-state index is -0.616. The Labute approximate surface area is 187 Å². The lowest BCUT2D eigenvalue weighted by Crippen LogP contribution is -2.39. The van der Waals surface area contributed by atoms with E-state index >= 15 is 0 Å². The minimum absolute atomic E-state index is 0.116. The third-order valence-electron chi connectivity index (χ3n) is 4.91. The van der Waals surface area contributed by atoms with E-state index in [9.17, 15) is 5.11 Å². The summed E-state index contributed by atoms with van der Waals surface area (Å²) in [4.78, 5) is 4.52. The van der Waals surface area contributed by atoms with Gasteiger partial charge < -0.3 is 16.6 Å². The molecule has 148 valence electrons. The van der Waals surface area contributed by atoms with Gasteiger partial charge in [0.05, 0.1) is 26.3 Å². The van der Waals surface area contributed by atoms with Crippen molar-refractivity contribution < 1.29 is 5.11 Å². The molecule has 0 unspecified atom stereocenters. The average Bonchev–Trinajstić information content (AvgIpc) is 2.75. The van der Waals surface area contributed by atoms with Crippen molar-refractivity contribution in [3.05, 3.63) is 105 Å². The molecular formula is C23H21Br2N3O. The molecule has 0 amide bonds. The fourth-order valence-electron chi connectivity index (χ4n) is 3.08. The van der Waals surface area contributed by atoms with E-state index in [1.807, 2.05) is 67.6 Å². The Morgan fingerprint density at radius 1 is 0.897 bits per heavy atom. The van der Waals surface area contributed by atoms with Crippen molar-refractivity contribution in [1.29, 1.82) is 0 Å². The van der Waals surface area contributed by atoms with Gasteiger partial charge in [0.1, 0.15) is 11.6 Å². The highest BCUT2D eigenvalue weighted by Crippen LogP contribution is 2.35. The summed E-state index contributed by atoms with van der Waals surface area (Å²) in [5.41, 5.74) is 15.3. The summed E-state index contributed by atoms with van der Waals surface area (Å²) in [6.45, 7) is 2.05. The molecular weight excluding hydrogens is 494 g/mol. The van der Waals surface area contributed by atoms with Crippen molar-refractivity contribution >= 4 is 43.4 Å². The van der Waals surface area contributed by atoms with Gasteiger partial charge >= 0.3 is 0 Å². The molecule has 0 radical (unpaired) electrons. The second-order valence-electron chi connectivity index (χ2n) is 6.74. The number of hydrogen-bond donors (Lipinski definition) is 3. The summed E-state index contributed by atoms with van der Waals surface area (Å²) in [7, 11) is 0. The maximum Gasteiger partial charge on any atom is 0.143 e. The Bertz CT molecular complexity index is 1000. The topological polar surface area (TPSA) is 84.6 Å². The standard InChI is InChI=1S/C23H21Br2N3O/c1-23(16-8-4-2-5-9-16,17-10-6-3-7-11-17)22(27)28-14-20(26)15-12-18(24)21(29)19(25)13-15/h2-14,29H,26H2,1H3,(H2,27,28)/b20-14-. The average molecular weight is 515 g/mol. The van der Waals surface area contributed by atoms with Crippen LogP contribution in [-0.4, -0.2) is 10.9 Å². The highest BCUT2D eigenvalue weighted by molar-refractivity contribution is 9.11. The molecule has 5 N–H and O–H groups in total. The number of phenols is 1. The van der Waals surface area contributed by atoms with Crippen molar-refractivity contribution in [3.63, 3.8) is 0 Å². The predicted molar refractivity (Wildman–Crippen MR) is 127 cm³/mol. The van der Waals surface area contributed by atoms with E-state index in [0.29, 0.717) is 26.0 Å². The lowest BCUT2D eigenvalue weighted by Gasteiger charge is -2.30. The Balaban J connectivity index is 2.06. The van der Waals surface area contributed by atoms with Crippen LogP contribution in [0.4, 0.5) is 0 Å². The first kappa shape index (κ1) is 21.1. The van der Waals surface area contributed by atoms with Crippen LogP contribution in [0.2, 0.25) is 0 Å². The number of nitrogens with zero attached hydrogens (tertiary/aromatic N) is 1. The van der Waals surface area contributed by atoms with Gasteiger partial charge in [0.15, 0.2) is 0 Å². The van der Waals surface area contributed by atoms with Crippen molar-refractivity contribution in [2.75, 3.05) is 0 Å². The molecule has 6 heteroatoms. The molecule has 0 atom stereocenters. The molecule has 0 saturated carbocycles. The third kappa shape index (κ3) is 4.38. The molecule has 0 aliphatic rings. The Morgan fingerprint density at radius 3 is 1.79 bits per heavy atom. The summed E-state index contributed by atoms with van der Waals surface area (Å²) in [6, 6.07) is 23.5.